The van der Waals surface area contributed by atoms with Crippen LogP contribution >= 0.6 is 0 Å². The van der Waals surface area contributed by atoms with Crippen molar-refractivity contribution < 1.29 is 13.9 Å². The highest BCUT2D eigenvalue weighted by molar-refractivity contribution is 5.91. The highest BCUT2D eigenvalue weighted by Gasteiger charge is 2.07. The zero-order valence-electron chi connectivity index (χ0n) is 12.4. The van der Waals surface area contributed by atoms with Crippen molar-refractivity contribution >= 4 is 22.6 Å². The summed E-state index contributed by atoms with van der Waals surface area (Å²) in [5.74, 6) is -0.892. The number of benzene rings is 2. The van der Waals surface area contributed by atoms with E-state index < -0.39 is 5.97 Å². The van der Waals surface area contributed by atoms with Crippen molar-refractivity contribution in [2.24, 2.45) is 0 Å². The van der Waals surface area contributed by atoms with Crippen LogP contribution in [0.5, 0.6) is 0 Å². The van der Waals surface area contributed by atoms with E-state index in [9.17, 15) is 9.18 Å². The van der Waals surface area contributed by atoms with Gasteiger partial charge in [0.05, 0.1) is 0 Å². The third-order valence-electron chi connectivity index (χ3n) is 3.39. The Kier molecular flexibility index (Phi) is 4.14. The molecule has 3 aromatic rings. The molecule has 23 heavy (non-hydrogen) atoms. The number of nitrogens with one attached hydrogen (secondary N) is 1. The first-order valence-corrected chi connectivity index (χ1v) is 7.03. The van der Waals surface area contributed by atoms with E-state index in [0.717, 1.165) is 11.1 Å². The summed E-state index contributed by atoms with van der Waals surface area (Å²) in [7, 11) is 0. The number of aromatic nitrogens is 3. The Hall–Kier alpha value is -3.02. The van der Waals surface area contributed by atoms with Crippen LogP contribution in [-0.4, -0.2) is 21.4 Å². The third kappa shape index (κ3) is 3.42. The number of hydrogen-bond acceptors (Lipinski definition) is 4. The van der Waals surface area contributed by atoms with E-state index in [1.165, 1.54) is 12.1 Å². The van der Waals surface area contributed by atoms with E-state index >= 15 is 0 Å². The third-order valence-corrected chi connectivity index (χ3v) is 3.39. The lowest BCUT2D eigenvalue weighted by Crippen LogP contribution is -2.02. The summed E-state index contributed by atoms with van der Waals surface area (Å²) < 4.78 is 18.8. The molecule has 0 bridgehead atoms. The molecular formula is C17H14FN3O2. The predicted octanol–water partition coefficient (Wildman–Crippen LogP) is 3.24. The second-order valence-electron chi connectivity index (χ2n) is 5.06. The van der Waals surface area contributed by atoms with Crippen LogP contribution in [0, 0.1) is 5.82 Å². The lowest BCUT2D eigenvalue weighted by atomic mass is 10.1. The number of halogens is 1. The minimum atomic E-state index is -0.522. The van der Waals surface area contributed by atoms with E-state index in [-0.39, 0.29) is 12.4 Å². The van der Waals surface area contributed by atoms with Gasteiger partial charge in [-0.3, -0.25) is 0 Å². The zero-order valence-corrected chi connectivity index (χ0v) is 12.4. The summed E-state index contributed by atoms with van der Waals surface area (Å²) in [4.78, 5) is 11.9. The largest absolute Gasteiger partial charge is 0.458 e. The van der Waals surface area contributed by atoms with E-state index in [1.807, 2.05) is 6.07 Å². The molecule has 0 radical (unpaired) electrons. The molecule has 0 saturated heterocycles. The molecule has 6 heteroatoms. The number of rotatable bonds is 4. The first kappa shape index (κ1) is 14.9. The maximum Gasteiger partial charge on any atom is 0.331 e. The van der Waals surface area contributed by atoms with Crippen molar-refractivity contribution in [3.05, 3.63) is 65.5 Å². The van der Waals surface area contributed by atoms with Gasteiger partial charge in [-0.05, 0) is 36.3 Å². The van der Waals surface area contributed by atoms with E-state index in [0.29, 0.717) is 16.7 Å². The Balaban J connectivity index is 1.67. The molecule has 0 spiro atoms. The summed E-state index contributed by atoms with van der Waals surface area (Å²) in [6.45, 7) is 1.78. The minimum absolute atomic E-state index is 0.114. The number of nitrogens with zero attached hydrogens (tertiary/aromatic N) is 2. The number of allylic oxidation sites excluding steroid dienone is 1. The first-order valence-electron chi connectivity index (χ1n) is 7.03. The van der Waals surface area contributed by atoms with Gasteiger partial charge in [0.25, 0.3) is 0 Å². The van der Waals surface area contributed by atoms with Crippen molar-refractivity contribution in [1.82, 2.24) is 15.4 Å². The number of fused-ring (bicyclic) bond motifs is 1. The Morgan fingerprint density at radius 1 is 1.22 bits per heavy atom. The first-order chi connectivity index (χ1) is 11.1. The van der Waals surface area contributed by atoms with Crippen LogP contribution in [0.2, 0.25) is 0 Å². The number of H-pyrrole nitrogens is 1. The van der Waals surface area contributed by atoms with Gasteiger partial charge in [-0.25, -0.2) is 9.18 Å². The molecule has 0 unspecified atom stereocenters. The molecule has 2 aromatic carbocycles. The van der Waals surface area contributed by atoms with Gasteiger partial charge in [-0.2, -0.15) is 15.4 Å². The minimum Gasteiger partial charge on any atom is -0.458 e. The number of aromatic amines is 1. The summed E-state index contributed by atoms with van der Waals surface area (Å²) in [6.07, 6.45) is 1.28. The molecule has 0 atom stereocenters. The molecule has 0 aliphatic carbocycles. The second-order valence-corrected chi connectivity index (χ2v) is 5.06. The summed E-state index contributed by atoms with van der Waals surface area (Å²) in [6, 6.07) is 11.7. The standard InChI is InChI=1S/C17H14FN3O2/c1-11(13-4-2-3-5-14(13)18)8-17(22)23-10-12-6-7-15-16(9-12)20-21-19-15/h2-9H,10H2,1H3,(H,19,20,21)/b11-8-. The summed E-state index contributed by atoms with van der Waals surface area (Å²) in [5, 5.41) is 10.4. The molecule has 0 fully saturated rings. The van der Waals surface area contributed by atoms with Crippen LogP contribution in [0.15, 0.2) is 48.5 Å². The molecule has 116 valence electrons. The number of hydrogen-bond donors (Lipinski definition) is 1. The molecular weight excluding hydrogens is 297 g/mol. The smallest absolute Gasteiger partial charge is 0.331 e. The molecule has 3 rings (SSSR count). The summed E-state index contributed by atoms with van der Waals surface area (Å²) in [5.41, 5.74) is 3.15. The van der Waals surface area contributed by atoms with E-state index in [2.05, 4.69) is 15.4 Å². The van der Waals surface area contributed by atoms with Crippen LogP contribution in [0.3, 0.4) is 0 Å². The number of ether oxygens (including phenoxy) is 1. The molecule has 5 nitrogen and oxygen atoms in total. The quantitative estimate of drug-likeness (QED) is 0.593. The maximum atomic E-state index is 13.7. The van der Waals surface area contributed by atoms with Gasteiger partial charge >= 0.3 is 5.97 Å². The molecule has 0 amide bonds. The molecule has 0 aliphatic rings. The Labute approximate surface area is 131 Å². The van der Waals surface area contributed by atoms with Crippen LogP contribution in [0.1, 0.15) is 18.1 Å². The zero-order chi connectivity index (χ0) is 16.2. The second kappa shape index (κ2) is 6.39. The predicted molar refractivity (Wildman–Crippen MR) is 83.7 cm³/mol. The van der Waals surface area contributed by atoms with Gasteiger partial charge in [0, 0.05) is 11.6 Å². The van der Waals surface area contributed by atoms with Crippen molar-refractivity contribution in [3.63, 3.8) is 0 Å². The van der Waals surface area contributed by atoms with Gasteiger partial charge in [-0.15, -0.1) is 0 Å². The molecule has 1 aromatic heterocycles. The van der Waals surface area contributed by atoms with Crippen LogP contribution in [0.4, 0.5) is 4.39 Å². The number of carbonyl (C=O) groups excluding carboxylic acids is 1. The van der Waals surface area contributed by atoms with E-state index in [4.69, 9.17) is 4.74 Å². The van der Waals surface area contributed by atoms with Crippen LogP contribution < -0.4 is 0 Å². The van der Waals surface area contributed by atoms with Gasteiger partial charge < -0.3 is 4.74 Å². The number of carbonyl (C=O) groups is 1. The highest BCUT2D eigenvalue weighted by Crippen LogP contribution is 2.17. The highest BCUT2D eigenvalue weighted by atomic mass is 19.1. The van der Waals surface area contributed by atoms with Crippen molar-refractivity contribution in [1.29, 1.82) is 0 Å². The van der Waals surface area contributed by atoms with Crippen molar-refractivity contribution in [2.45, 2.75) is 13.5 Å². The normalized spacial score (nSPS) is 11.7. The molecule has 0 aliphatic heterocycles. The lowest BCUT2D eigenvalue weighted by Gasteiger charge is -2.05. The van der Waals surface area contributed by atoms with E-state index in [1.54, 1.807) is 37.3 Å². The number of esters is 1. The lowest BCUT2D eigenvalue weighted by molar-refractivity contribution is -0.138. The fraction of sp³-hybridized carbons (Fsp3) is 0.118. The summed E-state index contributed by atoms with van der Waals surface area (Å²) >= 11 is 0. The Morgan fingerprint density at radius 2 is 2.00 bits per heavy atom. The Bertz CT molecular complexity index is 886. The Morgan fingerprint density at radius 3 is 2.83 bits per heavy atom. The van der Waals surface area contributed by atoms with Crippen LogP contribution in [0.25, 0.3) is 16.6 Å². The molecule has 1 N–H and O–H groups in total. The average molecular weight is 311 g/mol. The molecule has 1 heterocycles. The maximum absolute atomic E-state index is 13.7. The van der Waals surface area contributed by atoms with Gasteiger partial charge in [0.1, 0.15) is 23.5 Å². The SMILES string of the molecule is C/C(=C/C(=O)OCc1ccc2n[nH]nc2c1)c1ccccc1F. The van der Waals surface area contributed by atoms with Gasteiger partial charge in [0.2, 0.25) is 0 Å². The van der Waals surface area contributed by atoms with Crippen LogP contribution in [-0.2, 0) is 16.1 Å². The molecule has 0 saturated carbocycles. The monoisotopic (exact) mass is 311 g/mol. The van der Waals surface area contributed by atoms with Gasteiger partial charge in [-0.1, -0.05) is 24.3 Å². The topological polar surface area (TPSA) is 67.9 Å². The van der Waals surface area contributed by atoms with Crippen molar-refractivity contribution in [2.75, 3.05) is 0 Å². The fourth-order valence-corrected chi connectivity index (χ4v) is 2.21. The fourth-order valence-electron chi connectivity index (χ4n) is 2.21. The average Bonchev–Trinajstić information content (AvgIpc) is 3.01. The van der Waals surface area contributed by atoms with Crippen molar-refractivity contribution in [3.8, 4) is 0 Å². The van der Waals surface area contributed by atoms with Gasteiger partial charge in [0.15, 0.2) is 0 Å².